The van der Waals surface area contributed by atoms with E-state index in [0.29, 0.717) is 16.4 Å². The third kappa shape index (κ3) is 2.55. The number of aryl methyl sites for hydroxylation is 2. The van der Waals surface area contributed by atoms with Gasteiger partial charge in [-0.3, -0.25) is 4.79 Å². The van der Waals surface area contributed by atoms with Crippen molar-refractivity contribution in [1.82, 2.24) is 10.1 Å². The van der Waals surface area contributed by atoms with E-state index in [1.165, 1.54) is 11.3 Å². The zero-order valence-corrected chi connectivity index (χ0v) is 12.0. The van der Waals surface area contributed by atoms with Gasteiger partial charge >= 0.3 is 0 Å². The van der Waals surface area contributed by atoms with Crippen molar-refractivity contribution in [3.63, 3.8) is 0 Å². The van der Waals surface area contributed by atoms with E-state index in [9.17, 15) is 4.79 Å². The maximum Gasteiger partial charge on any atom is 0.232 e. The van der Waals surface area contributed by atoms with Gasteiger partial charge in [-0.1, -0.05) is 16.8 Å². The highest BCUT2D eigenvalue weighted by Gasteiger charge is 2.13. The van der Waals surface area contributed by atoms with Gasteiger partial charge in [0.15, 0.2) is 10.7 Å². The molecule has 0 aliphatic carbocycles. The second-order valence-corrected chi connectivity index (χ2v) is 5.86. The molecule has 2 aromatic heterocycles. The minimum absolute atomic E-state index is 0.143. The summed E-state index contributed by atoms with van der Waals surface area (Å²) < 4.78 is 5.22. The monoisotopic (exact) mass is 287 g/mol. The van der Waals surface area contributed by atoms with Gasteiger partial charge in [0.1, 0.15) is 5.69 Å². The number of amides is 1. The van der Waals surface area contributed by atoms with Gasteiger partial charge in [0, 0.05) is 16.5 Å². The summed E-state index contributed by atoms with van der Waals surface area (Å²) in [6.07, 6.45) is 1.91. The average molecular weight is 287 g/mol. The molecule has 0 radical (unpaired) electrons. The molecule has 6 heteroatoms. The number of aromatic nitrogens is 2. The molecule has 2 heterocycles. The Kier molecular flexibility index (Phi) is 3.23. The van der Waals surface area contributed by atoms with E-state index in [2.05, 4.69) is 15.5 Å². The van der Waals surface area contributed by atoms with E-state index in [0.717, 1.165) is 15.8 Å². The van der Waals surface area contributed by atoms with E-state index in [1.54, 1.807) is 6.20 Å². The van der Waals surface area contributed by atoms with Crippen LogP contribution in [-0.2, 0) is 11.2 Å². The maximum atomic E-state index is 12.0. The minimum Gasteiger partial charge on any atom is -0.356 e. The van der Waals surface area contributed by atoms with Gasteiger partial charge in [-0.05, 0) is 26.0 Å². The first kappa shape index (κ1) is 12.8. The van der Waals surface area contributed by atoms with Crippen LogP contribution in [0.1, 0.15) is 16.1 Å². The molecule has 1 aromatic carbocycles. The Labute approximate surface area is 119 Å². The molecule has 102 valence electrons. The fourth-order valence-corrected chi connectivity index (χ4v) is 2.64. The number of benzene rings is 1. The molecular formula is C14H13N3O2S. The highest BCUT2D eigenvalue weighted by atomic mass is 32.1. The number of carbonyl (C=O) groups is 1. The Morgan fingerprint density at radius 1 is 1.40 bits per heavy atom. The molecule has 1 N–H and O–H groups in total. The summed E-state index contributed by atoms with van der Waals surface area (Å²) in [6, 6.07) is 5.79. The molecule has 0 aliphatic rings. The summed E-state index contributed by atoms with van der Waals surface area (Å²) in [6.45, 7) is 3.94. The highest BCUT2D eigenvalue weighted by molar-refractivity contribution is 7.15. The number of fused-ring (bicyclic) bond motifs is 1. The Balaban J connectivity index is 1.79. The third-order valence-corrected chi connectivity index (χ3v) is 3.72. The van der Waals surface area contributed by atoms with Gasteiger partial charge < -0.3 is 9.84 Å². The molecule has 3 rings (SSSR count). The van der Waals surface area contributed by atoms with Crippen LogP contribution in [0.2, 0.25) is 0 Å². The number of carbonyl (C=O) groups excluding carboxylic acids is 1. The van der Waals surface area contributed by atoms with E-state index in [1.807, 2.05) is 32.0 Å². The zero-order chi connectivity index (χ0) is 14.1. The maximum absolute atomic E-state index is 12.0. The zero-order valence-electron chi connectivity index (χ0n) is 11.1. The number of anilines is 1. The molecule has 0 aliphatic heterocycles. The summed E-state index contributed by atoms with van der Waals surface area (Å²) in [7, 11) is 0. The van der Waals surface area contributed by atoms with Crippen molar-refractivity contribution in [2.24, 2.45) is 0 Å². The van der Waals surface area contributed by atoms with Crippen molar-refractivity contribution < 1.29 is 9.32 Å². The Hall–Kier alpha value is -2.21. The average Bonchev–Trinajstić information content (AvgIpc) is 2.97. The van der Waals surface area contributed by atoms with Gasteiger partial charge in [-0.15, -0.1) is 11.3 Å². The lowest BCUT2D eigenvalue weighted by atomic mass is 10.1. The molecular weight excluding hydrogens is 274 g/mol. The molecule has 0 saturated heterocycles. The van der Waals surface area contributed by atoms with Crippen LogP contribution in [-0.4, -0.2) is 16.0 Å². The number of hydrogen-bond acceptors (Lipinski definition) is 5. The Morgan fingerprint density at radius 2 is 2.25 bits per heavy atom. The molecule has 3 aromatic rings. The van der Waals surface area contributed by atoms with Crippen molar-refractivity contribution in [1.29, 1.82) is 0 Å². The van der Waals surface area contributed by atoms with E-state index in [4.69, 9.17) is 4.52 Å². The van der Waals surface area contributed by atoms with Crippen LogP contribution in [0.4, 0.5) is 5.13 Å². The molecule has 5 nitrogen and oxygen atoms in total. The molecule has 0 saturated carbocycles. The van der Waals surface area contributed by atoms with Crippen LogP contribution in [0, 0.1) is 13.8 Å². The van der Waals surface area contributed by atoms with E-state index < -0.39 is 0 Å². The van der Waals surface area contributed by atoms with Gasteiger partial charge in [0.2, 0.25) is 5.91 Å². The molecule has 20 heavy (non-hydrogen) atoms. The molecule has 0 bridgehead atoms. The summed E-state index contributed by atoms with van der Waals surface area (Å²) >= 11 is 1.45. The normalized spacial score (nSPS) is 10.9. The van der Waals surface area contributed by atoms with Gasteiger partial charge in [-0.2, -0.15) is 0 Å². The number of rotatable bonds is 3. The first-order valence-corrected chi connectivity index (χ1v) is 7.00. The van der Waals surface area contributed by atoms with Crippen molar-refractivity contribution in [2.45, 2.75) is 20.3 Å². The smallest absolute Gasteiger partial charge is 0.232 e. The SMILES string of the molecule is Cc1ccc2onc(CC(=O)Nc3ncc(C)s3)c2c1. The number of nitrogens with one attached hydrogen (secondary N) is 1. The second-order valence-electron chi connectivity index (χ2n) is 4.63. The topological polar surface area (TPSA) is 68.0 Å². The van der Waals surface area contributed by atoms with Crippen LogP contribution in [0.5, 0.6) is 0 Å². The van der Waals surface area contributed by atoms with Gasteiger partial charge in [-0.25, -0.2) is 4.98 Å². The van der Waals surface area contributed by atoms with Crippen molar-refractivity contribution in [3.8, 4) is 0 Å². The molecule has 0 fully saturated rings. The summed E-state index contributed by atoms with van der Waals surface area (Å²) in [5.41, 5.74) is 2.45. The fourth-order valence-electron chi connectivity index (χ4n) is 1.96. The Bertz CT molecular complexity index is 776. The third-order valence-electron chi connectivity index (χ3n) is 2.90. The van der Waals surface area contributed by atoms with Crippen LogP contribution in [0.15, 0.2) is 28.9 Å². The van der Waals surface area contributed by atoms with E-state index >= 15 is 0 Å². The van der Waals surface area contributed by atoms with Crippen LogP contribution < -0.4 is 5.32 Å². The summed E-state index contributed by atoms with van der Waals surface area (Å²) in [5.74, 6) is -0.143. The Morgan fingerprint density at radius 3 is 3.00 bits per heavy atom. The lowest BCUT2D eigenvalue weighted by Crippen LogP contribution is -2.14. The first-order valence-electron chi connectivity index (χ1n) is 6.19. The highest BCUT2D eigenvalue weighted by Crippen LogP contribution is 2.21. The quantitative estimate of drug-likeness (QED) is 0.803. The van der Waals surface area contributed by atoms with E-state index in [-0.39, 0.29) is 12.3 Å². The minimum atomic E-state index is -0.143. The lowest BCUT2D eigenvalue weighted by molar-refractivity contribution is -0.115. The van der Waals surface area contributed by atoms with Crippen molar-refractivity contribution in [3.05, 3.63) is 40.5 Å². The summed E-state index contributed by atoms with van der Waals surface area (Å²) in [4.78, 5) is 17.2. The van der Waals surface area contributed by atoms with Crippen LogP contribution >= 0.6 is 11.3 Å². The fraction of sp³-hybridized carbons (Fsp3) is 0.214. The number of hydrogen-bond donors (Lipinski definition) is 1. The summed E-state index contributed by atoms with van der Waals surface area (Å²) in [5, 5.41) is 8.23. The predicted octanol–water partition coefficient (Wildman–Crippen LogP) is 3.08. The lowest BCUT2D eigenvalue weighted by Gasteiger charge is -1.99. The largest absolute Gasteiger partial charge is 0.356 e. The van der Waals surface area contributed by atoms with Crippen molar-refractivity contribution >= 4 is 33.3 Å². The van der Waals surface area contributed by atoms with Crippen LogP contribution in [0.3, 0.4) is 0 Å². The van der Waals surface area contributed by atoms with Gasteiger partial charge in [0.25, 0.3) is 0 Å². The molecule has 0 unspecified atom stereocenters. The van der Waals surface area contributed by atoms with Crippen molar-refractivity contribution in [2.75, 3.05) is 5.32 Å². The number of thiazole rings is 1. The molecule has 0 spiro atoms. The standard InChI is InChI=1S/C14H13N3O2S/c1-8-3-4-12-10(5-8)11(17-19-12)6-13(18)16-14-15-7-9(2)20-14/h3-5,7H,6H2,1-2H3,(H,15,16,18). The molecule has 0 atom stereocenters. The molecule has 1 amide bonds. The number of nitrogens with zero attached hydrogens (tertiary/aromatic N) is 2. The predicted molar refractivity (Wildman–Crippen MR) is 77.9 cm³/mol. The first-order chi connectivity index (χ1) is 9.61. The van der Waals surface area contributed by atoms with Crippen LogP contribution in [0.25, 0.3) is 11.0 Å². The van der Waals surface area contributed by atoms with Gasteiger partial charge in [0.05, 0.1) is 6.42 Å². The second kappa shape index (κ2) is 5.05.